The second-order valence-electron chi connectivity index (χ2n) is 7.50. The number of amides is 2. The Morgan fingerprint density at radius 1 is 1.13 bits per heavy atom. The minimum atomic E-state index is -0.318. The number of carbonyl (C=O) groups is 2. The molecule has 0 unspecified atom stereocenters. The lowest BCUT2D eigenvalue weighted by Crippen LogP contribution is -2.38. The van der Waals surface area contributed by atoms with Crippen LogP contribution in [-0.4, -0.2) is 39.9 Å². The van der Waals surface area contributed by atoms with Crippen molar-refractivity contribution in [3.8, 4) is 0 Å². The fourth-order valence-electron chi connectivity index (χ4n) is 3.79. The molecule has 1 fully saturated rings. The van der Waals surface area contributed by atoms with Crippen LogP contribution >= 0.6 is 0 Å². The number of fused-ring (bicyclic) bond motifs is 1. The Balaban J connectivity index is 1.24. The topological polar surface area (TPSA) is 88.3 Å². The molecule has 30 heavy (non-hydrogen) atoms. The lowest BCUT2D eigenvalue weighted by Gasteiger charge is -2.31. The SMILES string of the molecule is O=C(CCC(=O)N1CCC(c2noc3ccc(F)cc23)CC1)NCc1ccncc1. The highest BCUT2D eigenvalue weighted by atomic mass is 19.1. The van der Waals surface area contributed by atoms with Gasteiger partial charge in [-0.15, -0.1) is 0 Å². The van der Waals surface area contributed by atoms with Crippen LogP contribution in [0.4, 0.5) is 4.39 Å². The van der Waals surface area contributed by atoms with Crippen molar-refractivity contribution >= 4 is 22.8 Å². The van der Waals surface area contributed by atoms with Crippen LogP contribution in [0.3, 0.4) is 0 Å². The number of pyridine rings is 1. The first-order valence-electron chi connectivity index (χ1n) is 10.1. The van der Waals surface area contributed by atoms with E-state index in [1.807, 2.05) is 12.1 Å². The van der Waals surface area contributed by atoms with E-state index < -0.39 is 0 Å². The number of carbonyl (C=O) groups excluding carboxylic acids is 2. The molecule has 4 rings (SSSR count). The van der Waals surface area contributed by atoms with Crippen LogP contribution in [0.25, 0.3) is 11.0 Å². The van der Waals surface area contributed by atoms with Crippen molar-refractivity contribution in [3.05, 3.63) is 59.8 Å². The Labute approximate surface area is 173 Å². The van der Waals surface area contributed by atoms with Crippen molar-refractivity contribution in [3.63, 3.8) is 0 Å². The molecule has 0 saturated carbocycles. The normalized spacial score (nSPS) is 14.8. The molecule has 8 heteroatoms. The minimum Gasteiger partial charge on any atom is -0.356 e. The standard InChI is InChI=1S/C22H23FN4O3/c23-17-1-2-19-18(13-17)22(26-30-19)16-7-11-27(12-8-16)21(29)4-3-20(28)25-14-15-5-9-24-10-6-15/h1-2,5-6,9-10,13,16H,3-4,7-8,11-12,14H2,(H,25,28). The van der Waals surface area contributed by atoms with Gasteiger partial charge in [0.2, 0.25) is 11.8 Å². The van der Waals surface area contributed by atoms with E-state index in [9.17, 15) is 14.0 Å². The number of nitrogens with one attached hydrogen (secondary N) is 1. The largest absolute Gasteiger partial charge is 0.356 e. The van der Waals surface area contributed by atoms with Gasteiger partial charge >= 0.3 is 0 Å². The van der Waals surface area contributed by atoms with Crippen LogP contribution in [0, 0.1) is 5.82 Å². The summed E-state index contributed by atoms with van der Waals surface area (Å²) in [6.07, 6.45) is 5.16. The van der Waals surface area contributed by atoms with Gasteiger partial charge in [0.1, 0.15) is 5.82 Å². The molecule has 3 aromatic rings. The number of hydrogen-bond donors (Lipinski definition) is 1. The molecule has 1 aliphatic rings. The molecule has 1 aromatic carbocycles. The molecule has 156 valence electrons. The van der Waals surface area contributed by atoms with Gasteiger partial charge in [0.15, 0.2) is 5.58 Å². The second kappa shape index (κ2) is 9.02. The van der Waals surface area contributed by atoms with Gasteiger partial charge in [-0.3, -0.25) is 14.6 Å². The van der Waals surface area contributed by atoms with Crippen LogP contribution < -0.4 is 5.32 Å². The molecule has 0 aliphatic carbocycles. The molecule has 0 spiro atoms. The maximum absolute atomic E-state index is 13.6. The average Bonchev–Trinajstić information content (AvgIpc) is 3.20. The average molecular weight is 410 g/mol. The number of nitrogens with zero attached hydrogens (tertiary/aromatic N) is 3. The maximum Gasteiger partial charge on any atom is 0.223 e. The van der Waals surface area contributed by atoms with Gasteiger partial charge in [0, 0.05) is 56.2 Å². The zero-order chi connectivity index (χ0) is 20.9. The van der Waals surface area contributed by atoms with Crippen LogP contribution in [0.5, 0.6) is 0 Å². The number of hydrogen-bond acceptors (Lipinski definition) is 5. The molecular formula is C22H23FN4O3. The summed E-state index contributed by atoms with van der Waals surface area (Å²) in [7, 11) is 0. The third-order valence-corrected chi connectivity index (χ3v) is 5.50. The van der Waals surface area contributed by atoms with Gasteiger partial charge in [-0.25, -0.2) is 4.39 Å². The van der Waals surface area contributed by atoms with E-state index >= 15 is 0 Å². The van der Waals surface area contributed by atoms with Crippen molar-refractivity contribution < 1.29 is 18.5 Å². The minimum absolute atomic E-state index is 0.0245. The Bertz CT molecular complexity index is 1030. The van der Waals surface area contributed by atoms with E-state index in [4.69, 9.17) is 4.52 Å². The van der Waals surface area contributed by atoms with Crippen molar-refractivity contribution in [1.29, 1.82) is 0 Å². The number of halogens is 1. The first-order valence-corrected chi connectivity index (χ1v) is 10.1. The smallest absolute Gasteiger partial charge is 0.223 e. The lowest BCUT2D eigenvalue weighted by atomic mass is 9.91. The summed E-state index contributed by atoms with van der Waals surface area (Å²) in [6, 6.07) is 8.05. The van der Waals surface area contributed by atoms with E-state index in [1.54, 1.807) is 23.4 Å². The van der Waals surface area contributed by atoms with Crippen molar-refractivity contribution in [2.75, 3.05) is 13.1 Å². The molecule has 2 aromatic heterocycles. The van der Waals surface area contributed by atoms with Crippen molar-refractivity contribution in [2.45, 2.75) is 38.1 Å². The molecule has 3 heterocycles. The van der Waals surface area contributed by atoms with Crippen LogP contribution in [-0.2, 0) is 16.1 Å². The van der Waals surface area contributed by atoms with Gasteiger partial charge in [0.05, 0.1) is 5.69 Å². The van der Waals surface area contributed by atoms with Gasteiger partial charge in [-0.05, 0) is 48.7 Å². The predicted molar refractivity (Wildman–Crippen MR) is 108 cm³/mol. The number of piperidine rings is 1. The lowest BCUT2D eigenvalue weighted by molar-refractivity contribution is -0.134. The third kappa shape index (κ3) is 4.64. The van der Waals surface area contributed by atoms with Gasteiger partial charge < -0.3 is 14.7 Å². The van der Waals surface area contributed by atoms with E-state index in [2.05, 4.69) is 15.5 Å². The summed E-state index contributed by atoms with van der Waals surface area (Å²) >= 11 is 0. The second-order valence-corrected chi connectivity index (χ2v) is 7.50. The molecule has 2 amide bonds. The molecule has 1 saturated heterocycles. The quantitative estimate of drug-likeness (QED) is 0.674. The van der Waals surface area contributed by atoms with E-state index in [1.165, 1.54) is 12.1 Å². The highest BCUT2D eigenvalue weighted by Gasteiger charge is 2.27. The molecule has 1 aliphatic heterocycles. The summed E-state index contributed by atoms with van der Waals surface area (Å²) in [5.74, 6) is -0.364. The monoisotopic (exact) mass is 410 g/mol. The molecule has 7 nitrogen and oxygen atoms in total. The van der Waals surface area contributed by atoms with Gasteiger partial charge in [0.25, 0.3) is 0 Å². The Kier molecular flexibility index (Phi) is 6.02. The molecule has 0 radical (unpaired) electrons. The summed E-state index contributed by atoms with van der Waals surface area (Å²) in [5.41, 5.74) is 2.29. The maximum atomic E-state index is 13.6. The summed E-state index contributed by atoms with van der Waals surface area (Å²) in [4.78, 5) is 30.2. The van der Waals surface area contributed by atoms with Crippen molar-refractivity contribution in [1.82, 2.24) is 20.4 Å². The molecule has 0 atom stereocenters. The van der Waals surface area contributed by atoms with Crippen LogP contribution in [0.2, 0.25) is 0 Å². The Hall–Kier alpha value is -3.29. The van der Waals surface area contributed by atoms with E-state index in [0.717, 1.165) is 24.1 Å². The fourth-order valence-corrected chi connectivity index (χ4v) is 3.79. The van der Waals surface area contributed by atoms with E-state index in [-0.39, 0.29) is 36.4 Å². The molecular weight excluding hydrogens is 387 g/mol. The zero-order valence-electron chi connectivity index (χ0n) is 16.5. The number of likely N-dealkylation sites (tertiary alicyclic amines) is 1. The van der Waals surface area contributed by atoms with Gasteiger partial charge in [-0.1, -0.05) is 5.16 Å². The highest BCUT2D eigenvalue weighted by molar-refractivity contribution is 5.84. The van der Waals surface area contributed by atoms with Crippen molar-refractivity contribution in [2.24, 2.45) is 0 Å². The number of rotatable bonds is 6. The predicted octanol–water partition coefficient (Wildman–Crippen LogP) is 3.16. The molecule has 1 N–H and O–H groups in total. The first-order chi connectivity index (χ1) is 14.6. The summed E-state index contributed by atoms with van der Waals surface area (Å²) < 4.78 is 18.9. The fraction of sp³-hybridized carbons (Fsp3) is 0.364. The third-order valence-electron chi connectivity index (χ3n) is 5.50. The number of aromatic nitrogens is 2. The van der Waals surface area contributed by atoms with Crippen LogP contribution in [0.15, 0.2) is 47.2 Å². The Morgan fingerprint density at radius 2 is 1.90 bits per heavy atom. The number of benzene rings is 1. The van der Waals surface area contributed by atoms with E-state index in [0.29, 0.717) is 30.6 Å². The zero-order valence-corrected chi connectivity index (χ0v) is 16.5. The molecule has 0 bridgehead atoms. The summed E-state index contributed by atoms with van der Waals surface area (Å²) in [6.45, 7) is 1.60. The van der Waals surface area contributed by atoms with Crippen LogP contribution in [0.1, 0.15) is 42.9 Å². The highest BCUT2D eigenvalue weighted by Crippen LogP contribution is 2.33. The summed E-state index contributed by atoms with van der Waals surface area (Å²) in [5, 5.41) is 7.65. The van der Waals surface area contributed by atoms with Gasteiger partial charge in [-0.2, -0.15) is 0 Å². The Morgan fingerprint density at radius 3 is 2.67 bits per heavy atom. The first kappa shape index (κ1) is 20.0.